The van der Waals surface area contributed by atoms with Crippen molar-refractivity contribution >= 4 is 5.69 Å². The number of hydrogen-bond acceptors (Lipinski definition) is 5. The summed E-state index contributed by atoms with van der Waals surface area (Å²) in [4.78, 5) is 8.66. The largest absolute Gasteiger partial charge is 0.453 e. The van der Waals surface area contributed by atoms with Gasteiger partial charge in [-0.3, -0.25) is 4.98 Å². The summed E-state index contributed by atoms with van der Waals surface area (Å²) >= 11 is 0. The Kier molecular flexibility index (Phi) is 2.83. The fraction of sp³-hybridized carbons (Fsp3) is 0.364. The van der Waals surface area contributed by atoms with E-state index in [0.717, 1.165) is 35.4 Å². The number of aromatic nitrogens is 1. The summed E-state index contributed by atoms with van der Waals surface area (Å²) in [5, 5.41) is 4.34. The van der Waals surface area contributed by atoms with Gasteiger partial charge in [0.25, 0.3) is 0 Å². The molecule has 0 spiro atoms. The molecule has 0 aromatic carbocycles. The maximum absolute atomic E-state index is 12.4. The number of halogens is 3. The number of hydrogen-bond donors (Lipinski definition) is 2. The molecule has 0 aliphatic carbocycles. The summed E-state index contributed by atoms with van der Waals surface area (Å²) < 4.78 is 37.3. The highest BCUT2D eigenvalue weighted by Crippen LogP contribution is 2.30. The zero-order valence-corrected chi connectivity index (χ0v) is 9.79. The number of pyridine rings is 1. The smallest absolute Gasteiger partial charge is 0.382 e. The number of fused-ring (bicyclic) bond motifs is 1. The molecule has 2 aliphatic heterocycles. The van der Waals surface area contributed by atoms with Gasteiger partial charge >= 0.3 is 6.18 Å². The van der Waals surface area contributed by atoms with Crippen molar-refractivity contribution in [3.63, 3.8) is 0 Å². The van der Waals surface area contributed by atoms with E-state index in [9.17, 15) is 13.2 Å². The van der Waals surface area contributed by atoms with E-state index in [-0.39, 0.29) is 0 Å². The van der Waals surface area contributed by atoms with E-state index >= 15 is 0 Å². The lowest BCUT2D eigenvalue weighted by molar-refractivity contribution is -0.136. The number of hydrazine groups is 1. The van der Waals surface area contributed by atoms with Crippen molar-refractivity contribution in [2.24, 2.45) is 0 Å². The lowest BCUT2D eigenvalue weighted by Gasteiger charge is -2.19. The first-order valence-electron chi connectivity index (χ1n) is 5.73. The molecule has 0 unspecified atom stereocenters. The van der Waals surface area contributed by atoms with Gasteiger partial charge in [-0.05, 0) is 11.6 Å². The van der Waals surface area contributed by atoms with Crippen molar-refractivity contribution in [3.05, 3.63) is 35.5 Å². The second kappa shape index (κ2) is 4.39. The van der Waals surface area contributed by atoms with Gasteiger partial charge in [-0.15, -0.1) is 0 Å². The molecule has 19 heavy (non-hydrogen) atoms. The highest BCUT2D eigenvalue weighted by Gasteiger charge is 2.40. The van der Waals surface area contributed by atoms with Crippen LogP contribution in [0.4, 0.5) is 18.9 Å². The third-order valence-electron chi connectivity index (χ3n) is 2.96. The molecule has 102 valence electrons. The van der Waals surface area contributed by atoms with E-state index in [2.05, 4.69) is 20.7 Å². The molecular weight excluding hydrogens is 261 g/mol. The van der Waals surface area contributed by atoms with Crippen molar-refractivity contribution in [2.75, 3.05) is 11.6 Å². The Morgan fingerprint density at radius 3 is 2.95 bits per heavy atom. The van der Waals surface area contributed by atoms with E-state index in [1.807, 2.05) is 0 Å². The van der Waals surface area contributed by atoms with Crippen molar-refractivity contribution in [3.8, 4) is 0 Å². The number of nitrogens with one attached hydrogen (secondary N) is 2. The second-order valence-corrected chi connectivity index (χ2v) is 4.28. The van der Waals surface area contributed by atoms with Crippen LogP contribution in [0.2, 0.25) is 0 Å². The van der Waals surface area contributed by atoms with Crippen LogP contribution in [0.1, 0.15) is 11.3 Å². The Bertz CT molecular complexity index is 529. The number of anilines is 1. The number of allylic oxidation sites excluding steroid dienone is 1. The SMILES string of the molecule is FC(F)(F)C1=CN(c2cnc3c(c2)CNCC3)NO1. The molecule has 0 bridgehead atoms. The van der Waals surface area contributed by atoms with E-state index in [1.165, 1.54) is 6.20 Å². The van der Waals surface area contributed by atoms with Crippen LogP contribution in [0.25, 0.3) is 0 Å². The maximum Gasteiger partial charge on any atom is 0.453 e. The van der Waals surface area contributed by atoms with Crippen LogP contribution in [-0.4, -0.2) is 17.7 Å². The van der Waals surface area contributed by atoms with E-state index in [1.54, 1.807) is 6.07 Å². The summed E-state index contributed by atoms with van der Waals surface area (Å²) in [5.74, 6) is -1.08. The molecule has 3 rings (SSSR count). The zero-order chi connectivity index (χ0) is 13.5. The highest BCUT2D eigenvalue weighted by molar-refractivity contribution is 5.50. The zero-order valence-electron chi connectivity index (χ0n) is 9.79. The lowest BCUT2D eigenvalue weighted by atomic mass is 10.1. The van der Waals surface area contributed by atoms with Gasteiger partial charge in [0.15, 0.2) is 0 Å². The molecule has 3 heterocycles. The third-order valence-corrected chi connectivity index (χ3v) is 2.96. The van der Waals surface area contributed by atoms with Gasteiger partial charge < -0.3 is 10.2 Å². The van der Waals surface area contributed by atoms with Gasteiger partial charge in [-0.25, -0.2) is 5.01 Å². The molecule has 0 atom stereocenters. The summed E-state index contributed by atoms with van der Waals surface area (Å²) in [7, 11) is 0. The maximum atomic E-state index is 12.4. The molecular formula is C11H11F3N4O. The molecule has 2 aliphatic rings. The molecule has 1 aromatic heterocycles. The Morgan fingerprint density at radius 2 is 2.21 bits per heavy atom. The van der Waals surface area contributed by atoms with Gasteiger partial charge in [-0.1, -0.05) is 5.59 Å². The monoisotopic (exact) mass is 272 g/mol. The van der Waals surface area contributed by atoms with Gasteiger partial charge in [0.1, 0.15) is 0 Å². The van der Waals surface area contributed by atoms with Crippen LogP contribution < -0.4 is 15.9 Å². The van der Waals surface area contributed by atoms with Crippen LogP contribution in [0.15, 0.2) is 24.2 Å². The van der Waals surface area contributed by atoms with Crippen LogP contribution in [0.5, 0.6) is 0 Å². The van der Waals surface area contributed by atoms with Gasteiger partial charge in [0.05, 0.1) is 18.1 Å². The van der Waals surface area contributed by atoms with Crippen LogP contribution in [0.3, 0.4) is 0 Å². The van der Waals surface area contributed by atoms with Crippen LogP contribution in [0, 0.1) is 0 Å². The van der Waals surface area contributed by atoms with Gasteiger partial charge in [0.2, 0.25) is 5.76 Å². The van der Waals surface area contributed by atoms with E-state index in [4.69, 9.17) is 0 Å². The Morgan fingerprint density at radius 1 is 1.37 bits per heavy atom. The average Bonchev–Trinajstić information content (AvgIpc) is 2.87. The predicted octanol–water partition coefficient (Wildman–Crippen LogP) is 1.39. The topological polar surface area (TPSA) is 49.4 Å². The van der Waals surface area contributed by atoms with Crippen molar-refractivity contribution < 1.29 is 18.0 Å². The first kappa shape index (κ1) is 12.2. The Hall–Kier alpha value is -1.80. The van der Waals surface area contributed by atoms with Crippen molar-refractivity contribution in [1.82, 2.24) is 15.9 Å². The van der Waals surface area contributed by atoms with Crippen molar-refractivity contribution in [1.29, 1.82) is 0 Å². The second-order valence-electron chi connectivity index (χ2n) is 4.28. The van der Waals surface area contributed by atoms with Crippen LogP contribution in [-0.2, 0) is 17.8 Å². The normalized spacial score (nSPS) is 18.9. The first-order valence-corrected chi connectivity index (χ1v) is 5.73. The predicted molar refractivity (Wildman–Crippen MR) is 60.5 cm³/mol. The third kappa shape index (κ3) is 2.36. The van der Waals surface area contributed by atoms with E-state index in [0.29, 0.717) is 12.2 Å². The van der Waals surface area contributed by atoms with Gasteiger partial charge in [0, 0.05) is 25.2 Å². The molecule has 0 fully saturated rings. The Labute approximate surface area is 107 Å². The first-order chi connectivity index (χ1) is 9.04. The van der Waals surface area contributed by atoms with Gasteiger partial charge in [-0.2, -0.15) is 13.2 Å². The summed E-state index contributed by atoms with van der Waals surface area (Å²) in [6, 6.07) is 1.79. The molecule has 0 saturated heterocycles. The minimum atomic E-state index is -4.51. The van der Waals surface area contributed by atoms with Crippen LogP contribution >= 0.6 is 0 Å². The van der Waals surface area contributed by atoms with E-state index < -0.39 is 11.9 Å². The fourth-order valence-corrected chi connectivity index (χ4v) is 1.99. The van der Waals surface area contributed by atoms with Crippen molar-refractivity contribution in [2.45, 2.75) is 19.1 Å². The number of alkyl halides is 3. The molecule has 0 radical (unpaired) electrons. The Balaban J connectivity index is 1.86. The minimum Gasteiger partial charge on any atom is -0.382 e. The number of nitrogens with zero attached hydrogens (tertiary/aromatic N) is 2. The standard InChI is InChI=1S/C11H11F3N4O/c12-11(13,14)10-6-18(17-19-10)8-3-7-4-15-2-1-9(7)16-5-8/h3,5-6,15,17H,1-2,4H2. The molecule has 0 amide bonds. The highest BCUT2D eigenvalue weighted by atomic mass is 19.4. The fourth-order valence-electron chi connectivity index (χ4n) is 1.99. The molecule has 1 aromatic rings. The average molecular weight is 272 g/mol. The molecule has 8 heteroatoms. The molecule has 5 nitrogen and oxygen atoms in total. The summed E-state index contributed by atoms with van der Waals surface area (Å²) in [6.45, 7) is 1.53. The number of rotatable bonds is 1. The summed E-state index contributed by atoms with van der Waals surface area (Å²) in [5.41, 5.74) is 4.66. The molecule has 2 N–H and O–H groups in total. The quantitative estimate of drug-likeness (QED) is 0.809. The molecule has 0 saturated carbocycles. The lowest BCUT2D eigenvalue weighted by Crippen LogP contribution is -2.29. The summed E-state index contributed by atoms with van der Waals surface area (Å²) in [6.07, 6.45) is -1.30. The minimum absolute atomic E-state index is 0.502.